The summed E-state index contributed by atoms with van der Waals surface area (Å²) < 4.78 is 10.3. The lowest BCUT2D eigenvalue weighted by Crippen LogP contribution is -2.02. The number of aromatic hydroxyl groups is 1. The molecular weight excluding hydrogens is 280 g/mol. The number of hydrogen-bond acceptors (Lipinski definition) is 4. The lowest BCUT2D eigenvalue weighted by Gasteiger charge is -2.07. The van der Waals surface area contributed by atoms with Crippen molar-refractivity contribution in [2.75, 3.05) is 20.3 Å². The minimum Gasteiger partial charge on any atom is -0.504 e. The van der Waals surface area contributed by atoms with Crippen LogP contribution in [0.1, 0.15) is 46.1 Å². The highest BCUT2D eigenvalue weighted by Gasteiger charge is 2.00. The average Bonchev–Trinajstić information content (AvgIpc) is 2.47. The van der Waals surface area contributed by atoms with Crippen LogP contribution in [0.25, 0.3) is 0 Å². The van der Waals surface area contributed by atoms with Crippen LogP contribution in [0.3, 0.4) is 0 Å². The lowest BCUT2D eigenvalue weighted by molar-refractivity contribution is 0.114. The molecule has 0 heterocycles. The Morgan fingerprint density at radius 1 is 1.00 bits per heavy atom. The van der Waals surface area contributed by atoms with Crippen molar-refractivity contribution >= 4 is 0 Å². The lowest BCUT2D eigenvalue weighted by atomic mass is 10.1. The third kappa shape index (κ3) is 10.5. The van der Waals surface area contributed by atoms with Gasteiger partial charge in [0.2, 0.25) is 0 Å². The monoisotopic (exact) mass is 312 g/mol. The van der Waals surface area contributed by atoms with E-state index in [1.807, 2.05) is 0 Å². The van der Waals surface area contributed by atoms with Crippen molar-refractivity contribution in [3.8, 4) is 11.5 Å². The fraction of sp³-hybridized carbons (Fsp3) is 0.667. The van der Waals surface area contributed by atoms with Crippen LogP contribution in [0.2, 0.25) is 0 Å². The summed E-state index contributed by atoms with van der Waals surface area (Å²) in [5.41, 5.74) is 0.722. The molecule has 0 aromatic heterocycles. The molecule has 0 atom stereocenters. The fourth-order valence-electron chi connectivity index (χ4n) is 1.56. The van der Waals surface area contributed by atoms with E-state index in [9.17, 15) is 0 Å². The molecule has 0 aliphatic rings. The molecule has 0 radical (unpaired) electrons. The molecule has 0 amide bonds. The third-order valence-corrected chi connectivity index (χ3v) is 3.11. The smallest absolute Gasteiger partial charge is 0.160 e. The SMILES string of the molecule is CC(C)CCOCCC(C)C.COc1cc(CO)ccc1O. The molecule has 0 fully saturated rings. The maximum absolute atomic E-state index is 9.12. The molecule has 0 spiro atoms. The summed E-state index contributed by atoms with van der Waals surface area (Å²) in [6.45, 7) is 10.7. The van der Waals surface area contributed by atoms with Crippen molar-refractivity contribution in [2.45, 2.75) is 47.1 Å². The Kier molecular flexibility index (Phi) is 11.6. The van der Waals surface area contributed by atoms with Gasteiger partial charge < -0.3 is 19.7 Å². The molecule has 128 valence electrons. The summed E-state index contributed by atoms with van der Waals surface area (Å²) in [4.78, 5) is 0. The molecule has 0 saturated heterocycles. The zero-order valence-electron chi connectivity index (χ0n) is 14.6. The van der Waals surface area contributed by atoms with E-state index in [1.54, 1.807) is 12.1 Å². The number of hydrogen-bond donors (Lipinski definition) is 2. The Labute approximate surface area is 135 Å². The number of rotatable bonds is 8. The van der Waals surface area contributed by atoms with Crippen LogP contribution in [0.5, 0.6) is 11.5 Å². The highest BCUT2D eigenvalue weighted by Crippen LogP contribution is 2.25. The van der Waals surface area contributed by atoms with E-state index in [0.29, 0.717) is 5.75 Å². The van der Waals surface area contributed by atoms with Gasteiger partial charge in [-0.05, 0) is 42.4 Å². The van der Waals surface area contributed by atoms with Gasteiger partial charge in [0.1, 0.15) is 0 Å². The molecule has 1 aromatic rings. The first-order valence-corrected chi connectivity index (χ1v) is 7.95. The van der Waals surface area contributed by atoms with Gasteiger partial charge in [-0.2, -0.15) is 0 Å². The van der Waals surface area contributed by atoms with Gasteiger partial charge in [-0.1, -0.05) is 33.8 Å². The molecule has 0 saturated carbocycles. The van der Waals surface area contributed by atoms with E-state index < -0.39 is 0 Å². The summed E-state index contributed by atoms with van der Waals surface area (Å²) in [6.07, 6.45) is 2.39. The second kappa shape index (κ2) is 12.3. The maximum atomic E-state index is 9.12. The van der Waals surface area contributed by atoms with Crippen LogP contribution in [0.4, 0.5) is 0 Å². The predicted octanol–water partition coefficient (Wildman–Crippen LogP) is 3.99. The van der Waals surface area contributed by atoms with Crippen molar-refractivity contribution < 1.29 is 19.7 Å². The first-order valence-electron chi connectivity index (χ1n) is 7.95. The summed E-state index contributed by atoms with van der Waals surface area (Å²) in [5.74, 6) is 2.02. The van der Waals surface area contributed by atoms with Crippen LogP contribution >= 0.6 is 0 Å². The minimum atomic E-state index is -0.0450. The topological polar surface area (TPSA) is 58.9 Å². The zero-order chi connectivity index (χ0) is 17.0. The third-order valence-electron chi connectivity index (χ3n) is 3.11. The largest absolute Gasteiger partial charge is 0.504 e. The van der Waals surface area contributed by atoms with Crippen LogP contribution in [-0.4, -0.2) is 30.5 Å². The molecule has 4 heteroatoms. The number of phenols is 1. The Morgan fingerprint density at radius 2 is 1.55 bits per heavy atom. The van der Waals surface area contributed by atoms with Gasteiger partial charge in [0.25, 0.3) is 0 Å². The molecule has 0 aliphatic carbocycles. The van der Waals surface area contributed by atoms with E-state index >= 15 is 0 Å². The van der Waals surface area contributed by atoms with Crippen molar-refractivity contribution in [2.24, 2.45) is 11.8 Å². The first-order chi connectivity index (χ1) is 10.4. The Bertz CT molecular complexity index is 379. The number of methoxy groups -OCH3 is 1. The molecule has 2 N–H and O–H groups in total. The molecule has 0 unspecified atom stereocenters. The quantitative estimate of drug-likeness (QED) is 0.713. The van der Waals surface area contributed by atoms with Gasteiger partial charge in [0, 0.05) is 13.2 Å². The highest BCUT2D eigenvalue weighted by molar-refractivity contribution is 5.41. The standard InChI is InChI=1S/C10H22O.C8H10O3/c1-9(2)5-7-11-8-6-10(3)4;1-11-8-4-6(5-9)2-3-7(8)10/h9-10H,5-8H2,1-4H3;2-4,9-10H,5H2,1H3. The Morgan fingerprint density at radius 3 is 1.95 bits per heavy atom. The molecule has 1 rings (SSSR count). The van der Waals surface area contributed by atoms with Crippen LogP contribution in [0.15, 0.2) is 18.2 Å². The van der Waals surface area contributed by atoms with E-state index in [1.165, 1.54) is 26.0 Å². The molecule has 0 bridgehead atoms. The summed E-state index contributed by atoms with van der Waals surface area (Å²) in [7, 11) is 1.47. The van der Waals surface area contributed by atoms with Gasteiger partial charge in [0.05, 0.1) is 13.7 Å². The number of benzene rings is 1. The fourth-order valence-corrected chi connectivity index (χ4v) is 1.56. The first kappa shape index (κ1) is 20.7. The van der Waals surface area contributed by atoms with Crippen molar-refractivity contribution in [1.82, 2.24) is 0 Å². The van der Waals surface area contributed by atoms with Crippen molar-refractivity contribution in [3.63, 3.8) is 0 Å². The van der Waals surface area contributed by atoms with Gasteiger partial charge in [0.15, 0.2) is 11.5 Å². The normalized spacial score (nSPS) is 10.5. The van der Waals surface area contributed by atoms with E-state index in [0.717, 1.165) is 30.6 Å². The maximum Gasteiger partial charge on any atom is 0.160 e. The number of aliphatic hydroxyl groups is 1. The van der Waals surface area contributed by atoms with Gasteiger partial charge >= 0.3 is 0 Å². The molecule has 4 nitrogen and oxygen atoms in total. The van der Waals surface area contributed by atoms with Gasteiger partial charge in [-0.15, -0.1) is 0 Å². The molecular formula is C18H32O4. The van der Waals surface area contributed by atoms with Crippen LogP contribution < -0.4 is 4.74 Å². The number of aliphatic hydroxyl groups excluding tert-OH is 1. The van der Waals surface area contributed by atoms with Crippen LogP contribution in [0, 0.1) is 11.8 Å². The summed E-state index contributed by atoms with van der Waals surface area (Å²) in [5, 5.41) is 17.8. The van der Waals surface area contributed by atoms with E-state index in [2.05, 4.69) is 27.7 Å². The summed E-state index contributed by atoms with van der Waals surface area (Å²) in [6, 6.07) is 4.72. The molecule has 0 aliphatic heterocycles. The van der Waals surface area contributed by atoms with E-state index in [-0.39, 0.29) is 12.4 Å². The second-order valence-corrected chi connectivity index (χ2v) is 6.14. The number of phenolic OH excluding ortho intramolecular Hbond substituents is 1. The average molecular weight is 312 g/mol. The predicted molar refractivity (Wildman–Crippen MR) is 90.3 cm³/mol. The van der Waals surface area contributed by atoms with Gasteiger partial charge in [-0.25, -0.2) is 0 Å². The molecule has 22 heavy (non-hydrogen) atoms. The van der Waals surface area contributed by atoms with Crippen molar-refractivity contribution in [1.29, 1.82) is 0 Å². The second-order valence-electron chi connectivity index (χ2n) is 6.14. The highest BCUT2D eigenvalue weighted by atomic mass is 16.5. The number of ether oxygens (including phenoxy) is 2. The van der Waals surface area contributed by atoms with Gasteiger partial charge in [-0.3, -0.25) is 0 Å². The summed E-state index contributed by atoms with van der Waals surface area (Å²) >= 11 is 0. The van der Waals surface area contributed by atoms with Crippen molar-refractivity contribution in [3.05, 3.63) is 23.8 Å². The Balaban J connectivity index is 0.000000401. The Hall–Kier alpha value is -1.26. The van der Waals surface area contributed by atoms with E-state index in [4.69, 9.17) is 19.7 Å². The zero-order valence-corrected chi connectivity index (χ0v) is 14.6. The minimum absolute atomic E-state index is 0.0450. The molecule has 1 aromatic carbocycles. The van der Waals surface area contributed by atoms with Crippen LogP contribution in [-0.2, 0) is 11.3 Å².